The standard InChI is InChI=1S/C16H18F2N2S/c1-19-14(10-5-4-6-11(9-10)15(17)18)16-20-12-7-2-3-8-13(12)21-16/h4-6,9,14-15,19H,2-3,7-8H2,1H3. The monoisotopic (exact) mass is 308 g/mol. The lowest BCUT2D eigenvalue weighted by Crippen LogP contribution is -2.17. The van der Waals surface area contributed by atoms with Gasteiger partial charge in [0.05, 0.1) is 11.7 Å². The van der Waals surface area contributed by atoms with E-state index in [2.05, 4.69) is 5.32 Å². The molecule has 21 heavy (non-hydrogen) atoms. The molecule has 0 aliphatic heterocycles. The highest BCUT2D eigenvalue weighted by molar-refractivity contribution is 7.11. The summed E-state index contributed by atoms with van der Waals surface area (Å²) < 4.78 is 25.7. The highest BCUT2D eigenvalue weighted by Gasteiger charge is 2.22. The molecule has 1 aromatic carbocycles. The normalized spacial score (nSPS) is 16.0. The number of aryl methyl sites for hydroxylation is 2. The number of fused-ring (bicyclic) bond motifs is 1. The zero-order chi connectivity index (χ0) is 14.8. The molecule has 3 rings (SSSR count). The summed E-state index contributed by atoms with van der Waals surface area (Å²) in [6.45, 7) is 0. The molecule has 0 saturated carbocycles. The quantitative estimate of drug-likeness (QED) is 0.912. The second kappa shape index (κ2) is 6.20. The predicted octanol–water partition coefficient (Wildman–Crippen LogP) is 4.27. The Morgan fingerprint density at radius 1 is 1.19 bits per heavy atom. The van der Waals surface area contributed by atoms with Gasteiger partial charge >= 0.3 is 0 Å². The van der Waals surface area contributed by atoms with Crippen molar-refractivity contribution in [2.75, 3.05) is 7.05 Å². The minimum absolute atomic E-state index is 0.0640. The smallest absolute Gasteiger partial charge is 0.263 e. The third-order valence-electron chi connectivity index (χ3n) is 3.89. The summed E-state index contributed by atoms with van der Waals surface area (Å²) in [6, 6.07) is 6.50. The third-order valence-corrected chi connectivity index (χ3v) is 5.12. The first kappa shape index (κ1) is 14.6. The number of alkyl halides is 2. The first-order valence-corrected chi connectivity index (χ1v) is 8.04. The average Bonchev–Trinajstić information content (AvgIpc) is 2.91. The molecule has 1 unspecified atom stereocenters. The van der Waals surface area contributed by atoms with Crippen molar-refractivity contribution in [3.63, 3.8) is 0 Å². The largest absolute Gasteiger partial charge is 0.307 e. The predicted molar refractivity (Wildman–Crippen MR) is 81.1 cm³/mol. The number of aromatic nitrogens is 1. The number of nitrogens with zero attached hydrogens (tertiary/aromatic N) is 1. The molecule has 0 amide bonds. The van der Waals surface area contributed by atoms with Crippen LogP contribution in [-0.2, 0) is 12.8 Å². The van der Waals surface area contributed by atoms with Crippen molar-refractivity contribution in [1.29, 1.82) is 0 Å². The molecule has 112 valence electrons. The van der Waals surface area contributed by atoms with Gasteiger partial charge in [0.15, 0.2) is 0 Å². The topological polar surface area (TPSA) is 24.9 Å². The molecule has 1 N–H and O–H groups in total. The van der Waals surface area contributed by atoms with Crippen molar-refractivity contribution < 1.29 is 8.78 Å². The number of halogens is 2. The third kappa shape index (κ3) is 2.99. The lowest BCUT2D eigenvalue weighted by Gasteiger charge is -2.15. The molecule has 0 spiro atoms. The lowest BCUT2D eigenvalue weighted by molar-refractivity contribution is 0.151. The van der Waals surface area contributed by atoms with E-state index in [0.717, 1.165) is 23.4 Å². The van der Waals surface area contributed by atoms with E-state index in [4.69, 9.17) is 4.98 Å². The molecule has 1 aliphatic carbocycles. The van der Waals surface area contributed by atoms with Crippen LogP contribution < -0.4 is 5.32 Å². The van der Waals surface area contributed by atoms with E-state index >= 15 is 0 Å². The van der Waals surface area contributed by atoms with Gasteiger partial charge in [-0.3, -0.25) is 0 Å². The van der Waals surface area contributed by atoms with E-state index in [1.165, 1.54) is 29.5 Å². The van der Waals surface area contributed by atoms with Gasteiger partial charge in [-0.05, 0) is 44.4 Å². The Hall–Kier alpha value is -1.33. The number of rotatable bonds is 4. The maximum atomic E-state index is 12.9. The van der Waals surface area contributed by atoms with Crippen LogP contribution in [0.25, 0.3) is 0 Å². The fraction of sp³-hybridized carbons (Fsp3) is 0.438. The van der Waals surface area contributed by atoms with Crippen molar-refractivity contribution in [2.45, 2.75) is 38.2 Å². The van der Waals surface area contributed by atoms with E-state index in [1.54, 1.807) is 23.5 Å². The Kier molecular flexibility index (Phi) is 4.31. The van der Waals surface area contributed by atoms with E-state index in [9.17, 15) is 8.78 Å². The van der Waals surface area contributed by atoms with Gasteiger partial charge < -0.3 is 5.32 Å². The second-order valence-corrected chi connectivity index (χ2v) is 6.44. The molecule has 0 saturated heterocycles. The number of nitrogens with one attached hydrogen (secondary N) is 1. The van der Waals surface area contributed by atoms with Gasteiger partial charge in [0.25, 0.3) is 6.43 Å². The van der Waals surface area contributed by atoms with Gasteiger partial charge in [0.2, 0.25) is 0 Å². The molecular weight excluding hydrogens is 290 g/mol. The molecule has 1 aliphatic rings. The van der Waals surface area contributed by atoms with Crippen LogP contribution >= 0.6 is 11.3 Å². The number of benzene rings is 1. The summed E-state index contributed by atoms with van der Waals surface area (Å²) in [5.41, 5.74) is 2.11. The van der Waals surface area contributed by atoms with Crippen LogP contribution in [0.3, 0.4) is 0 Å². The van der Waals surface area contributed by atoms with Gasteiger partial charge in [-0.25, -0.2) is 13.8 Å². The van der Waals surface area contributed by atoms with E-state index < -0.39 is 6.43 Å². The molecule has 0 radical (unpaired) electrons. The minimum Gasteiger partial charge on any atom is -0.307 e. The minimum atomic E-state index is -2.44. The fourth-order valence-electron chi connectivity index (χ4n) is 2.80. The molecule has 1 aromatic heterocycles. The first-order valence-electron chi connectivity index (χ1n) is 7.23. The van der Waals surface area contributed by atoms with E-state index in [0.29, 0.717) is 0 Å². The Labute approximate surface area is 127 Å². The number of hydrogen-bond donors (Lipinski definition) is 1. The molecule has 0 fully saturated rings. The van der Waals surface area contributed by atoms with E-state index in [1.807, 2.05) is 13.1 Å². The molecule has 2 aromatic rings. The SMILES string of the molecule is CNC(c1cccc(C(F)F)c1)c1nc2c(s1)CCCC2. The summed E-state index contributed by atoms with van der Waals surface area (Å²) in [5, 5.41) is 4.20. The van der Waals surface area contributed by atoms with Crippen molar-refractivity contribution >= 4 is 11.3 Å². The van der Waals surface area contributed by atoms with Crippen LogP contribution in [0.1, 0.15) is 52.0 Å². The van der Waals surface area contributed by atoms with Gasteiger partial charge in [0.1, 0.15) is 5.01 Å². The van der Waals surface area contributed by atoms with E-state index in [-0.39, 0.29) is 11.6 Å². The molecule has 5 heteroatoms. The zero-order valence-electron chi connectivity index (χ0n) is 11.9. The van der Waals surface area contributed by atoms with Crippen LogP contribution in [0.2, 0.25) is 0 Å². The highest BCUT2D eigenvalue weighted by Crippen LogP contribution is 2.33. The molecular formula is C16H18F2N2S. The number of hydrogen-bond acceptors (Lipinski definition) is 3. The average molecular weight is 308 g/mol. The van der Waals surface area contributed by atoms with Crippen LogP contribution in [-0.4, -0.2) is 12.0 Å². The Morgan fingerprint density at radius 2 is 1.95 bits per heavy atom. The Bertz CT molecular complexity index is 601. The summed E-state index contributed by atoms with van der Waals surface area (Å²) in [7, 11) is 1.85. The summed E-state index contributed by atoms with van der Waals surface area (Å²) in [6.07, 6.45) is 2.12. The summed E-state index contributed by atoms with van der Waals surface area (Å²) >= 11 is 1.72. The summed E-state index contributed by atoms with van der Waals surface area (Å²) in [5.74, 6) is 0. The molecule has 2 nitrogen and oxygen atoms in total. The Morgan fingerprint density at radius 3 is 2.67 bits per heavy atom. The first-order chi connectivity index (χ1) is 10.2. The van der Waals surface area contributed by atoms with Crippen molar-refractivity contribution in [3.8, 4) is 0 Å². The highest BCUT2D eigenvalue weighted by atomic mass is 32.1. The van der Waals surface area contributed by atoms with Crippen LogP contribution in [0.4, 0.5) is 8.78 Å². The lowest BCUT2D eigenvalue weighted by atomic mass is 10.0. The molecule has 1 heterocycles. The van der Waals surface area contributed by atoms with Crippen LogP contribution in [0.15, 0.2) is 24.3 Å². The zero-order valence-corrected chi connectivity index (χ0v) is 12.7. The number of thiazole rings is 1. The molecule has 1 atom stereocenters. The maximum absolute atomic E-state index is 12.9. The van der Waals surface area contributed by atoms with Gasteiger partial charge in [-0.1, -0.05) is 18.2 Å². The van der Waals surface area contributed by atoms with Gasteiger partial charge in [-0.15, -0.1) is 11.3 Å². The Balaban J connectivity index is 1.94. The van der Waals surface area contributed by atoms with Gasteiger partial charge in [0, 0.05) is 10.4 Å². The van der Waals surface area contributed by atoms with Crippen LogP contribution in [0, 0.1) is 0 Å². The van der Waals surface area contributed by atoms with Crippen LogP contribution in [0.5, 0.6) is 0 Å². The van der Waals surface area contributed by atoms with Crippen molar-refractivity contribution in [3.05, 3.63) is 51.0 Å². The van der Waals surface area contributed by atoms with Gasteiger partial charge in [-0.2, -0.15) is 0 Å². The second-order valence-electron chi connectivity index (χ2n) is 5.32. The fourth-order valence-corrected chi connectivity index (χ4v) is 4.09. The summed E-state index contributed by atoms with van der Waals surface area (Å²) in [4.78, 5) is 6.10. The van der Waals surface area contributed by atoms with Crippen molar-refractivity contribution in [2.24, 2.45) is 0 Å². The molecule has 0 bridgehead atoms. The van der Waals surface area contributed by atoms with Crippen molar-refractivity contribution in [1.82, 2.24) is 10.3 Å². The maximum Gasteiger partial charge on any atom is 0.263 e.